The zero-order valence-electron chi connectivity index (χ0n) is 8.43. The number of ether oxygens (including phenoxy) is 1. The van der Waals surface area contributed by atoms with Gasteiger partial charge in [0.25, 0.3) is 5.89 Å². The summed E-state index contributed by atoms with van der Waals surface area (Å²) in [7, 11) is 0. The highest BCUT2D eigenvalue weighted by Crippen LogP contribution is 2.31. The van der Waals surface area contributed by atoms with Gasteiger partial charge in [0, 0.05) is 13.0 Å². The molecule has 2 unspecified atom stereocenters. The fourth-order valence-corrected chi connectivity index (χ4v) is 1.66. The standard InChI is InChI=1S/C9H15N3O3/c10-5-6-1-2-7(14-6)9-11-8(3-4-13)12-15-9/h6-7,13H,1-5,10H2. The predicted molar refractivity (Wildman–Crippen MR) is 51.0 cm³/mol. The lowest BCUT2D eigenvalue weighted by molar-refractivity contribution is 0.0307. The first-order valence-electron chi connectivity index (χ1n) is 5.12. The lowest BCUT2D eigenvalue weighted by Crippen LogP contribution is -2.18. The van der Waals surface area contributed by atoms with E-state index in [1.165, 1.54) is 0 Å². The first kappa shape index (κ1) is 10.5. The Hall–Kier alpha value is -0.980. The second-order valence-corrected chi connectivity index (χ2v) is 3.58. The van der Waals surface area contributed by atoms with E-state index in [1.54, 1.807) is 0 Å². The molecule has 1 saturated heterocycles. The summed E-state index contributed by atoms with van der Waals surface area (Å²) >= 11 is 0. The van der Waals surface area contributed by atoms with E-state index in [0.717, 1.165) is 12.8 Å². The van der Waals surface area contributed by atoms with Crippen molar-refractivity contribution in [2.75, 3.05) is 13.2 Å². The summed E-state index contributed by atoms with van der Waals surface area (Å²) in [6.45, 7) is 0.546. The molecule has 6 nitrogen and oxygen atoms in total. The van der Waals surface area contributed by atoms with Crippen molar-refractivity contribution in [3.05, 3.63) is 11.7 Å². The number of aromatic nitrogens is 2. The molecule has 84 valence electrons. The minimum atomic E-state index is -0.126. The maximum Gasteiger partial charge on any atom is 0.255 e. The number of rotatable bonds is 4. The van der Waals surface area contributed by atoms with Gasteiger partial charge < -0.3 is 20.1 Å². The molecule has 1 aromatic heterocycles. The van der Waals surface area contributed by atoms with Gasteiger partial charge in [0.1, 0.15) is 6.10 Å². The van der Waals surface area contributed by atoms with Crippen LogP contribution < -0.4 is 5.73 Å². The van der Waals surface area contributed by atoms with Crippen LogP contribution in [0.1, 0.15) is 30.7 Å². The third-order valence-corrected chi connectivity index (χ3v) is 2.47. The van der Waals surface area contributed by atoms with Crippen LogP contribution in [-0.4, -0.2) is 34.5 Å². The van der Waals surface area contributed by atoms with Crippen LogP contribution >= 0.6 is 0 Å². The molecule has 1 fully saturated rings. The van der Waals surface area contributed by atoms with Crippen LogP contribution in [-0.2, 0) is 11.2 Å². The highest BCUT2D eigenvalue weighted by molar-refractivity contribution is 4.93. The third-order valence-electron chi connectivity index (χ3n) is 2.47. The summed E-state index contributed by atoms with van der Waals surface area (Å²) in [5.74, 6) is 1.02. The summed E-state index contributed by atoms with van der Waals surface area (Å²) in [5.41, 5.74) is 5.50. The fourth-order valence-electron chi connectivity index (χ4n) is 1.66. The van der Waals surface area contributed by atoms with Gasteiger partial charge in [-0.05, 0) is 12.8 Å². The highest BCUT2D eigenvalue weighted by atomic mass is 16.5. The first-order chi connectivity index (χ1) is 7.33. The van der Waals surface area contributed by atoms with Crippen LogP contribution in [0.2, 0.25) is 0 Å². The van der Waals surface area contributed by atoms with Crippen molar-refractivity contribution < 1.29 is 14.4 Å². The van der Waals surface area contributed by atoms with E-state index < -0.39 is 0 Å². The summed E-state index contributed by atoms with van der Waals surface area (Å²) in [4.78, 5) is 4.15. The Morgan fingerprint density at radius 1 is 1.47 bits per heavy atom. The minimum Gasteiger partial charge on any atom is -0.396 e. The summed E-state index contributed by atoms with van der Waals surface area (Å²) in [6.07, 6.45) is 2.18. The molecule has 2 heterocycles. The SMILES string of the molecule is NCC1CCC(c2nc(CCO)no2)O1. The van der Waals surface area contributed by atoms with Crippen LogP contribution in [0.5, 0.6) is 0 Å². The molecule has 1 aromatic rings. The zero-order valence-corrected chi connectivity index (χ0v) is 8.43. The molecule has 0 radical (unpaired) electrons. The van der Waals surface area contributed by atoms with Crippen molar-refractivity contribution in [2.24, 2.45) is 5.73 Å². The monoisotopic (exact) mass is 213 g/mol. The Labute approximate surface area is 87.4 Å². The average molecular weight is 213 g/mol. The molecule has 0 spiro atoms. The second kappa shape index (κ2) is 4.69. The molecule has 0 bridgehead atoms. The molecule has 0 amide bonds. The van der Waals surface area contributed by atoms with E-state index >= 15 is 0 Å². The van der Waals surface area contributed by atoms with Crippen LogP contribution in [0.15, 0.2) is 4.52 Å². The van der Waals surface area contributed by atoms with Crippen molar-refractivity contribution in [2.45, 2.75) is 31.5 Å². The van der Waals surface area contributed by atoms with Gasteiger partial charge in [-0.15, -0.1) is 0 Å². The van der Waals surface area contributed by atoms with Gasteiger partial charge in [-0.1, -0.05) is 5.16 Å². The van der Waals surface area contributed by atoms with E-state index in [4.69, 9.17) is 20.1 Å². The molecular weight excluding hydrogens is 198 g/mol. The predicted octanol–water partition coefficient (Wildman–Crippen LogP) is -0.217. The Bertz CT molecular complexity index is 315. The normalized spacial score (nSPS) is 26.0. The maximum atomic E-state index is 8.70. The molecule has 15 heavy (non-hydrogen) atoms. The minimum absolute atomic E-state index is 0.0237. The summed E-state index contributed by atoms with van der Waals surface area (Å²) in [6, 6.07) is 0. The molecular formula is C9H15N3O3. The van der Waals surface area contributed by atoms with Crippen LogP contribution in [0.25, 0.3) is 0 Å². The Balaban J connectivity index is 1.97. The number of nitrogens with two attached hydrogens (primary N) is 1. The van der Waals surface area contributed by atoms with Crippen molar-refractivity contribution in [1.29, 1.82) is 0 Å². The molecule has 2 rings (SSSR count). The quantitative estimate of drug-likeness (QED) is 0.718. The first-order valence-corrected chi connectivity index (χ1v) is 5.12. The van der Waals surface area contributed by atoms with Gasteiger partial charge in [-0.3, -0.25) is 0 Å². The van der Waals surface area contributed by atoms with Gasteiger partial charge in [-0.25, -0.2) is 0 Å². The molecule has 0 aromatic carbocycles. The Kier molecular flexibility index (Phi) is 3.30. The average Bonchev–Trinajstić information content (AvgIpc) is 2.85. The lowest BCUT2D eigenvalue weighted by Gasteiger charge is -2.07. The zero-order chi connectivity index (χ0) is 10.7. The molecule has 3 N–H and O–H groups in total. The summed E-state index contributed by atoms with van der Waals surface area (Å²) in [5, 5.41) is 12.4. The molecule has 1 aliphatic heterocycles. The molecule has 2 atom stereocenters. The number of aliphatic hydroxyl groups is 1. The van der Waals surface area contributed by atoms with Crippen molar-refractivity contribution in [3.63, 3.8) is 0 Å². The number of hydrogen-bond acceptors (Lipinski definition) is 6. The van der Waals surface area contributed by atoms with Gasteiger partial charge >= 0.3 is 0 Å². The molecule has 6 heteroatoms. The van der Waals surface area contributed by atoms with Crippen molar-refractivity contribution in [3.8, 4) is 0 Å². The third kappa shape index (κ3) is 2.34. The number of hydrogen-bond donors (Lipinski definition) is 2. The van der Waals surface area contributed by atoms with E-state index in [0.29, 0.717) is 24.7 Å². The summed E-state index contributed by atoms with van der Waals surface area (Å²) < 4.78 is 10.7. The highest BCUT2D eigenvalue weighted by Gasteiger charge is 2.29. The van der Waals surface area contributed by atoms with Crippen LogP contribution in [0.4, 0.5) is 0 Å². The van der Waals surface area contributed by atoms with Crippen molar-refractivity contribution >= 4 is 0 Å². The van der Waals surface area contributed by atoms with E-state index in [2.05, 4.69) is 10.1 Å². The second-order valence-electron chi connectivity index (χ2n) is 3.58. The Morgan fingerprint density at radius 3 is 3.00 bits per heavy atom. The molecule has 1 aliphatic rings. The Morgan fingerprint density at radius 2 is 2.33 bits per heavy atom. The van der Waals surface area contributed by atoms with Gasteiger partial charge in [0.2, 0.25) is 0 Å². The topological polar surface area (TPSA) is 94.4 Å². The maximum absolute atomic E-state index is 8.70. The largest absolute Gasteiger partial charge is 0.396 e. The lowest BCUT2D eigenvalue weighted by atomic mass is 10.2. The van der Waals surface area contributed by atoms with E-state index in [-0.39, 0.29) is 18.8 Å². The molecule has 0 aliphatic carbocycles. The van der Waals surface area contributed by atoms with Gasteiger partial charge in [0.15, 0.2) is 5.82 Å². The van der Waals surface area contributed by atoms with Crippen LogP contribution in [0.3, 0.4) is 0 Å². The van der Waals surface area contributed by atoms with Crippen LogP contribution in [0, 0.1) is 0 Å². The van der Waals surface area contributed by atoms with E-state index in [1.807, 2.05) is 0 Å². The number of nitrogens with zero attached hydrogens (tertiary/aromatic N) is 2. The van der Waals surface area contributed by atoms with Gasteiger partial charge in [-0.2, -0.15) is 4.98 Å². The van der Waals surface area contributed by atoms with E-state index in [9.17, 15) is 0 Å². The smallest absolute Gasteiger partial charge is 0.255 e. The fraction of sp³-hybridized carbons (Fsp3) is 0.778. The van der Waals surface area contributed by atoms with Gasteiger partial charge in [0.05, 0.1) is 12.7 Å². The van der Waals surface area contributed by atoms with Crippen molar-refractivity contribution in [1.82, 2.24) is 10.1 Å². The number of aliphatic hydroxyl groups excluding tert-OH is 1. The molecule has 0 saturated carbocycles.